The van der Waals surface area contributed by atoms with Gasteiger partial charge in [-0.3, -0.25) is 4.79 Å². The first-order chi connectivity index (χ1) is 13.5. The molecule has 28 heavy (non-hydrogen) atoms. The lowest BCUT2D eigenvalue weighted by Gasteiger charge is -2.44. The van der Waals surface area contributed by atoms with Gasteiger partial charge >= 0.3 is 0 Å². The predicted molar refractivity (Wildman–Crippen MR) is 118 cm³/mol. The number of thiocarbonyl (C=S) groups is 1. The Morgan fingerprint density at radius 2 is 1.79 bits per heavy atom. The Balaban J connectivity index is 1.45. The van der Waals surface area contributed by atoms with Crippen molar-refractivity contribution in [3.05, 3.63) is 59.7 Å². The number of amides is 1. The van der Waals surface area contributed by atoms with Crippen LogP contribution in [0.2, 0.25) is 0 Å². The summed E-state index contributed by atoms with van der Waals surface area (Å²) in [5.74, 6) is 0.129. The van der Waals surface area contributed by atoms with Crippen LogP contribution in [0, 0.1) is 13.8 Å². The Bertz CT molecular complexity index is 891. The van der Waals surface area contributed by atoms with Crippen molar-refractivity contribution in [3.8, 4) is 0 Å². The summed E-state index contributed by atoms with van der Waals surface area (Å²) in [5.41, 5.74) is 4.13. The maximum atomic E-state index is 12.8. The zero-order valence-electron chi connectivity index (χ0n) is 16.4. The molecule has 146 valence electrons. The van der Waals surface area contributed by atoms with Crippen LogP contribution in [-0.2, 0) is 4.79 Å². The van der Waals surface area contributed by atoms with Gasteiger partial charge in [0.2, 0.25) is 5.91 Å². The summed E-state index contributed by atoms with van der Waals surface area (Å²) in [5, 5.41) is 7.12. The van der Waals surface area contributed by atoms with Crippen LogP contribution in [0.5, 0.6) is 0 Å². The van der Waals surface area contributed by atoms with Crippen molar-refractivity contribution >= 4 is 34.6 Å². The number of nitrogens with zero attached hydrogens (tertiary/aromatic N) is 2. The van der Waals surface area contributed by atoms with E-state index in [-0.39, 0.29) is 5.91 Å². The van der Waals surface area contributed by atoms with E-state index in [4.69, 9.17) is 12.2 Å². The number of rotatable bonds is 2. The molecule has 0 saturated carbocycles. The molecular weight excluding hydrogens is 368 g/mol. The highest BCUT2D eigenvalue weighted by molar-refractivity contribution is 7.80. The molecule has 1 amide bonds. The maximum Gasteiger partial charge on any atom is 0.247 e. The van der Waals surface area contributed by atoms with Crippen molar-refractivity contribution in [1.82, 2.24) is 10.2 Å². The van der Waals surface area contributed by atoms with Crippen molar-refractivity contribution in [2.45, 2.75) is 32.2 Å². The number of carbonyl (C=O) groups is 1. The molecule has 2 aromatic carbocycles. The quantitative estimate of drug-likeness (QED) is 0.765. The molecule has 0 unspecified atom stereocenters. The fourth-order valence-corrected chi connectivity index (χ4v) is 4.43. The number of anilines is 2. The fourth-order valence-electron chi connectivity index (χ4n) is 4.13. The van der Waals surface area contributed by atoms with Crippen LogP contribution >= 0.6 is 12.2 Å². The first-order valence-corrected chi connectivity index (χ1v) is 10.1. The van der Waals surface area contributed by atoms with E-state index in [0.29, 0.717) is 6.67 Å². The monoisotopic (exact) mass is 394 g/mol. The second-order valence-electron chi connectivity index (χ2n) is 7.68. The largest absolute Gasteiger partial charge is 0.349 e. The Morgan fingerprint density at radius 1 is 1.07 bits per heavy atom. The first-order valence-electron chi connectivity index (χ1n) is 9.74. The molecule has 2 N–H and O–H groups in total. The van der Waals surface area contributed by atoms with Gasteiger partial charge in [0.15, 0.2) is 5.11 Å². The van der Waals surface area contributed by atoms with Crippen LogP contribution in [0.4, 0.5) is 11.4 Å². The summed E-state index contributed by atoms with van der Waals surface area (Å²) in [6.45, 7) is 6.28. The molecule has 6 heteroatoms. The standard InChI is InChI=1S/C22H26N4OS/c1-16-8-9-18(14-17(16)2)24-21(28)25-12-10-22(11-13-25)20(27)23-15-26(22)19-6-4-3-5-7-19/h3-9,14H,10-13,15H2,1-2H3,(H,23,27)(H,24,28). The van der Waals surface area contributed by atoms with E-state index in [2.05, 4.69) is 64.6 Å². The third kappa shape index (κ3) is 3.33. The minimum atomic E-state index is -0.478. The third-order valence-electron chi connectivity index (χ3n) is 6.04. The average Bonchev–Trinajstić information content (AvgIpc) is 3.02. The minimum absolute atomic E-state index is 0.129. The number of hydrogen-bond acceptors (Lipinski definition) is 3. The molecule has 0 bridgehead atoms. The van der Waals surface area contributed by atoms with E-state index in [1.807, 2.05) is 18.2 Å². The van der Waals surface area contributed by atoms with Gasteiger partial charge in [0.25, 0.3) is 0 Å². The van der Waals surface area contributed by atoms with Crippen molar-refractivity contribution in [3.63, 3.8) is 0 Å². The SMILES string of the molecule is Cc1ccc(NC(=S)N2CCC3(CC2)C(=O)NCN3c2ccccc2)cc1C. The molecule has 0 atom stereocenters. The number of nitrogens with one attached hydrogen (secondary N) is 2. The molecule has 2 aliphatic rings. The Morgan fingerprint density at radius 3 is 2.46 bits per heavy atom. The van der Waals surface area contributed by atoms with Crippen molar-refractivity contribution in [1.29, 1.82) is 0 Å². The zero-order chi connectivity index (χ0) is 19.7. The predicted octanol–water partition coefficient (Wildman–Crippen LogP) is 3.43. The van der Waals surface area contributed by atoms with Crippen LogP contribution in [0.1, 0.15) is 24.0 Å². The number of carbonyl (C=O) groups excluding carboxylic acids is 1. The van der Waals surface area contributed by atoms with Crippen LogP contribution in [0.3, 0.4) is 0 Å². The smallest absolute Gasteiger partial charge is 0.247 e. The third-order valence-corrected chi connectivity index (χ3v) is 6.40. The molecule has 4 rings (SSSR count). The van der Waals surface area contributed by atoms with Crippen LogP contribution in [0.25, 0.3) is 0 Å². The van der Waals surface area contributed by atoms with E-state index < -0.39 is 5.54 Å². The van der Waals surface area contributed by atoms with Gasteiger partial charge in [-0.05, 0) is 74.3 Å². The van der Waals surface area contributed by atoms with Gasteiger partial charge in [-0.2, -0.15) is 0 Å². The molecule has 2 aromatic rings. The first kappa shape index (κ1) is 18.7. The molecule has 0 aliphatic carbocycles. The molecule has 2 aliphatic heterocycles. The zero-order valence-corrected chi connectivity index (χ0v) is 17.2. The fraction of sp³-hybridized carbons (Fsp3) is 0.364. The van der Waals surface area contributed by atoms with Gasteiger partial charge in [-0.15, -0.1) is 0 Å². The topological polar surface area (TPSA) is 47.6 Å². The second kappa shape index (κ2) is 7.43. The molecule has 2 heterocycles. The number of hydrogen-bond donors (Lipinski definition) is 2. The number of para-hydroxylation sites is 1. The summed E-state index contributed by atoms with van der Waals surface area (Å²) in [7, 11) is 0. The Labute approximate surface area is 171 Å². The van der Waals surface area contributed by atoms with Crippen LogP contribution in [0.15, 0.2) is 48.5 Å². The molecule has 2 fully saturated rings. The summed E-state index contributed by atoms with van der Waals surface area (Å²) < 4.78 is 0. The minimum Gasteiger partial charge on any atom is -0.349 e. The molecular formula is C22H26N4OS. The van der Waals surface area contributed by atoms with Crippen molar-refractivity contribution < 1.29 is 4.79 Å². The number of aryl methyl sites for hydroxylation is 2. The summed E-state index contributed by atoms with van der Waals surface area (Å²) >= 11 is 5.65. The normalized spacial score (nSPS) is 18.3. The average molecular weight is 395 g/mol. The van der Waals surface area contributed by atoms with E-state index in [9.17, 15) is 4.79 Å². The van der Waals surface area contributed by atoms with Crippen LogP contribution in [-0.4, -0.2) is 41.2 Å². The van der Waals surface area contributed by atoms with Crippen molar-refractivity contribution in [2.75, 3.05) is 30.0 Å². The maximum absolute atomic E-state index is 12.8. The lowest BCUT2D eigenvalue weighted by atomic mass is 9.86. The van der Waals surface area contributed by atoms with Crippen molar-refractivity contribution in [2.24, 2.45) is 0 Å². The summed E-state index contributed by atoms with van der Waals surface area (Å²) in [6, 6.07) is 16.5. The van der Waals surface area contributed by atoms with Gasteiger partial charge < -0.3 is 20.4 Å². The number of benzene rings is 2. The molecule has 0 aromatic heterocycles. The lowest BCUT2D eigenvalue weighted by molar-refractivity contribution is -0.124. The van der Waals surface area contributed by atoms with E-state index >= 15 is 0 Å². The number of likely N-dealkylation sites (tertiary alicyclic amines) is 1. The lowest BCUT2D eigenvalue weighted by Crippen LogP contribution is -2.57. The van der Waals surface area contributed by atoms with Gasteiger partial charge in [0.1, 0.15) is 5.54 Å². The van der Waals surface area contributed by atoms with Gasteiger partial charge in [0, 0.05) is 24.5 Å². The van der Waals surface area contributed by atoms with Gasteiger partial charge in [0.05, 0.1) is 6.67 Å². The highest BCUT2D eigenvalue weighted by atomic mass is 32.1. The van der Waals surface area contributed by atoms with Gasteiger partial charge in [-0.25, -0.2) is 0 Å². The Kier molecular flexibility index (Phi) is 4.98. The molecule has 0 radical (unpaired) electrons. The molecule has 1 spiro atoms. The summed E-state index contributed by atoms with van der Waals surface area (Å²) in [6.07, 6.45) is 1.50. The summed E-state index contributed by atoms with van der Waals surface area (Å²) in [4.78, 5) is 17.1. The highest BCUT2D eigenvalue weighted by Crippen LogP contribution is 2.36. The van der Waals surface area contributed by atoms with E-state index in [1.165, 1.54) is 11.1 Å². The van der Waals surface area contributed by atoms with Gasteiger partial charge in [-0.1, -0.05) is 24.3 Å². The molecule has 2 saturated heterocycles. The van der Waals surface area contributed by atoms with Crippen LogP contribution < -0.4 is 15.5 Å². The number of piperidine rings is 1. The molecule has 5 nitrogen and oxygen atoms in total. The van der Waals surface area contributed by atoms with E-state index in [1.54, 1.807) is 0 Å². The van der Waals surface area contributed by atoms with E-state index in [0.717, 1.165) is 42.4 Å². The second-order valence-corrected chi connectivity index (χ2v) is 8.06. The Hall–Kier alpha value is -2.60. The highest BCUT2D eigenvalue weighted by Gasteiger charge is 2.50.